The zero-order valence-corrected chi connectivity index (χ0v) is 27.3. The van der Waals surface area contributed by atoms with E-state index in [9.17, 15) is 0 Å². The summed E-state index contributed by atoms with van der Waals surface area (Å²) in [6, 6.07) is 50.8. The third-order valence-corrected chi connectivity index (χ3v) is 13.0. The highest BCUT2D eigenvalue weighted by Crippen LogP contribution is 2.52. The van der Waals surface area contributed by atoms with E-state index in [0.29, 0.717) is 0 Å². The maximum atomic E-state index is 6.69. The largest absolute Gasteiger partial charge is 0.455 e. The molecule has 11 aromatic rings. The molecule has 0 aliphatic heterocycles. The van der Waals surface area contributed by atoms with Gasteiger partial charge in [-0.2, -0.15) is 0 Å². The lowest BCUT2D eigenvalue weighted by Crippen LogP contribution is -2.10. The Bertz CT molecular complexity index is 2930. The summed E-state index contributed by atoms with van der Waals surface area (Å²) < 4.78 is 14.4. The molecule has 0 aliphatic rings. The van der Waals surface area contributed by atoms with Crippen LogP contribution < -0.4 is 4.90 Å². The topological polar surface area (TPSA) is 16.4 Å². The normalized spacial score (nSPS) is 12.3. The predicted octanol–water partition coefficient (Wildman–Crippen LogP) is 14.2. The third kappa shape index (κ3) is 3.59. The van der Waals surface area contributed by atoms with E-state index in [2.05, 4.69) is 144 Å². The predicted molar refractivity (Wildman–Crippen MR) is 207 cm³/mol. The van der Waals surface area contributed by atoms with Crippen molar-refractivity contribution in [3.63, 3.8) is 0 Å². The van der Waals surface area contributed by atoms with Crippen LogP contribution in [-0.2, 0) is 0 Å². The number of anilines is 3. The van der Waals surface area contributed by atoms with Gasteiger partial charge in [-0.25, -0.2) is 0 Å². The van der Waals surface area contributed by atoms with Gasteiger partial charge in [-0.1, -0.05) is 84.9 Å². The minimum Gasteiger partial charge on any atom is -0.455 e. The number of fused-ring (bicyclic) bond motifs is 13. The molecule has 0 saturated carbocycles. The molecule has 7 aromatic carbocycles. The molecule has 0 spiro atoms. The molecule has 47 heavy (non-hydrogen) atoms. The van der Waals surface area contributed by atoms with Crippen molar-refractivity contribution in [2.75, 3.05) is 4.90 Å². The first-order valence-corrected chi connectivity index (χ1v) is 18.1. The van der Waals surface area contributed by atoms with Crippen molar-refractivity contribution < 1.29 is 4.42 Å². The number of hydrogen-bond acceptors (Lipinski definition) is 5. The van der Waals surface area contributed by atoms with Crippen LogP contribution in [0.2, 0.25) is 0 Å². The van der Waals surface area contributed by atoms with Crippen LogP contribution in [0.15, 0.2) is 144 Å². The van der Waals surface area contributed by atoms with Gasteiger partial charge >= 0.3 is 0 Å². The number of thiophene rings is 3. The summed E-state index contributed by atoms with van der Waals surface area (Å²) in [6.07, 6.45) is 0. The van der Waals surface area contributed by atoms with Crippen molar-refractivity contribution >= 4 is 134 Å². The van der Waals surface area contributed by atoms with Gasteiger partial charge in [0, 0.05) is 61.9 Å². The first-order valence-electron chi connectivity index (χ1n) is 15.7. The van der Waals surface area contributed by atoms with Crippen LogP contribution in [0.4, 0.5) is 17.1 Å². The van der Waals surface area contributed by atoms with E-state index >= 15 is 0 Å². The maximum absolute atomic E-state index is 6.69. The third-order valence-electron chi connectivity index (χ3n) is 9.47. The molecule has 5 heteroatoms. The fourth-order valence-corrected chi connectivity index (χ4v) is 11.0. The van der Waals surface area contributed by atoms with Crippen LogP contribution in [0.3, 0.4) is 0 Å². The van der Waals surface area contributed by atoms with Crippen molar-refractivity contribution in [2.24, 2.45) is 0 Å². The van der Waals surface area contributed by atoms with Crippen molar-refractivity contribution in [2.45, 2.75) is 0 Å². The fraction of sp³-hybridized carbons (Fsp3) is 0. The van der Waals surface area contributed by atoms with Gasteiger partial charge in [0.25, 0.3) is 0 Å². The number of hydrogen-bond donors (Lipinski definition) is 0. The molecule has 0 N–H and O–H groups in total. The molecule has 0 atom stereocenters. The van der Waals surface area contributed by atoms with E-state index in [1.54, 1.807) is 0 Å². The maximum Gasteiger partial charge on any atom is 0.144 e. The van der Waals surface area contributed by atoms with E-state index in [4.69, 9.17) is 4.42 Å². The molecule has 4 heterocycles. The summed E-state index contributed by atoms with van der Waals surface area (Å²) in [7, 11) is 0. The summed E-state index contributed by atoms with van der Waals surface area (Å²) in [5, 5.41) is 9.92. The van der Waals surface area contributed by atoms with E-state index in [-0.39, 0.29) is 0 Å². The zero-order valence-electron chi connectivity index (χ0n) is 24.9. The molecule has 0 saturated heterocycles. The lowest BCUT2D eigenvalue weighted by molar-refractivity contribution is 0.673. The Morgan fingerprint density at radius 1 is 0.362 bits per heavy atom. The van der Waals surface area contributed by atoms with Gasteiger partial charge in [0.15, 0.2) is 0 Å². The summed E-state index contributed by atoms with van der Waals surface area (Å²) in [5.41, 5.74) is 5.43. The molecular weight excluding hydrogens is 631 g/mol. The van der Waals surface area contributed by atoms with Gasteiger partial charge in [-0.15, -0.1) is 34.0 Å². The summed E-state index contributed by atoms with van der Waals surface area (Å²) in [6.45, 7) is 0. The van der Waals surface area contributed by atoms with Gasteiger partial charge in [-0.05, 0) is 54.6 Å². The van der Waals surface area contributed by atoms with Crippen LogP contribution in [0.25, 0.3) is 82.5 Å². The smallest absolute Gasteiger partial charge is 0.144 e. The summed E-state index contributed by atoms with van der Waals surface area (Å²) in [5.74, 6) is 0. The van der Waals surface area contributed by atoms with Crippen LogP contribution >= 0.6 is 34.0 Å². The second-order valence-corrected chi connectivity index (χ2v) is 15.2. The number of para-hydroxylation sites is 1. The number of furan rings is 1. The van der Waals surface area contributed by atoms with Gasteiger partial charge in [0.05, 0.1) is 26.5 Å². The van der Waals surface area contributed by atoms with E-state index in [1.807, 2.05) is 34.0 Å². The fourth-order valence-electron chi connectivity index (χ4n) is 7.46. The van der Waals surface area contributed by atoms with Crippen molar-refractivity contribution in [1.29, 1.82) is 0 Å². The Labute approximate surface area is 280 Å². The van der Waals surface area contributed by atoms with E-state index in [1.165, 1.54) is 71.9 Å². The van der Waals surface area contributed by atoms with E-state index in [0.717, 1.165) is 27.6 Å². The molecule has 0 unspecified atom stereocenters. The van der Waals surface area contributed by atoms with Gasteiger partial charge in [0.2, 0.25) is 0 Å². The van der Waals surface area contributed by atoms with Crippen molar-refractivity contribution in [1.82, 2.24) is 0 Å². The summed E-state index contributed by atoms with van der Waals surface area (Å²) >= 11 is 5.60. The van der Waals surface area contributed by atoms with Gasteiger partial charge in [-0.3, -0.25) is 0 Å². The quantitative estimate of drug-likeness (QED) is 0.189. The number of rotatable bonds is 3. The SMILES string of the molecule is c1ccc2c(c1)oc1c2ccc2sc3cccc(N(c4cccc5c4sc4ccccc45)c4cccc5c4sc4ccccc45)c3c21. The highest BCUT2D eigenvalue weighted by atomic mass is 32.1. The number of benzene rings is 7. The first kappa shape index (κ1) is 25.9. The van der Waals surface area contributed by atoms with Crippen LogP contribution in [0, 0.1) is 0 Å². The van der Waals surface area contributed by atoms with Crippen LogP contribution in [0.5, 0.6) is 0 Å². The molecule has 0 radical (unpaired) electrons. The standard InChI is InChI=1S/C42H23NOS3/c1-4-18-33-24(10-1)27-22-23-37-39(40(27)44-33)38-30(15-9-21-36(38)45-37)43(31-16-7-13-28-25-11-2-5-19-34(25)46-41(28)31)32-17-8-14-29-26-12-3-6-20-35(26)47-42(29)32/h1-23H. The highest BCUT2D eigenvalue weighted by molar-refractivity contribution is 7.27. The Hall–Kier alpha value is -5.20. The second kappa shape index (κ2) is 9.66. The van der Waals surface area contributed by atoms with E-state index < -0.39 is 0 Å². The lowest BCUT2D eigenvalue weighted by atomic mass is 10.0. The molecule has 0 amide bonds. The molecule has 2 nitrogen and oxygen atoms in total. The Morgan fingerprint density at radius 2 is 0.894 bits per heavy atom. The molecule has 0 aliphatic carbocycles. The highest BCUT2D eigenvalue weighted by Gasteiger charge is 2.25. The number of nitrogens with zero attached hydrogens (tertiary/aromatic N) is 1. The molecular formula is C42H23NOS3. The average Bonchev–Trinajstić information content (AvgIpc) is 3.88. The Balaban J connectivity index is 1.31. The Morgan fingerprint density at radius 3 is 1.60 bits per heavy atom. The molecule has 0 bridgehead atoms. The van der Waals surface area contributed by atoms with Gasteiger partial charge in [0.1, 0.15) is 11.2 Å². The first-order chi connectivity index (χ1) is 23.3. The van der Waals surface area contributed by atoms with Gasteiger partial charge < -0.3 is 9.32 Å². The van der Waals surface area contributed by atoms with Crippen LogP contribution in [-0.4, -0.2) is 0 Å². The van der Waals surface area contributed by atoms with Crippen LogP contribution in [0.1, 0.15) is 0 Å². The molecule has 220 valence electrons. The monoisotopic (exact) mass is 653 g/mol. The lowest BCUT2D eigenvalue weighted by Gasteiger charge is -2.27. The van der Waals surface area contributed by atoms with Crippen molar-refractivity contribution in [3.8, 4) is 0 Å². The molecule has 0 fully saturated rings. The zero-order chi connectivity index (χ0) is 30.6. The van der Waals surface area contributed by atoms with Crippen molar-refractivity contribution in [3.05, 3.63) is 140 Å². The Kier molecular flexibility index (Phi) is 5.33. The molecule has 11 rings (SSSR count). The summed E-state index contributed by atoms with van der Waals surface area (Å²) in [4.78, 5) is 2.53. The minimum atomic E-state index is 0.925. The minimum absolute atomic E-state index is 0.925. The second-order valence-electron chi connectivity index (χ2n) is 12.0. The molecule has 4 aromatic heterocycles. The average molecular weight is 654 g/mol.